The average molecular weight is 248 g/mol. The van der Waals surface area contributed by atoms with Gasteiger partial charge in [-0.3, -0.25) is 4.79 Å². The van der Waals surface area contributed by atoms with Gasteiger partial charge in [0.2, 0.25) is 5.91 Å². The third-order valence-electron chi connectivity index (χ3n) is 3.36. The molecule has 0 saturated carbocycles. The number of hydrogen-bond acceptors (Lipinski definition) is 2. The number of benzene rings is 1. The molecule has 100 valence electrons. The van der Waals surface area contributed by atoms with Crippen molar-refractivity contribution in [2.24, 2.45) is 11.7 Å². The van der Waals surface area contributed by atoms with E-state index in [0.29, 0.717) is 18.9 Å². The first kappa shape index (κ1) is 14.7. The highest BCUT2D eigenvalue weighted by atomic mass is 16.2. The molecule has 0 radical (unpaired) electrons. The maximum atomic E-state index is 12.0. The lowest BCUT2D eigenvalue weighted by atomic mass is 10.1. The van der Waals surface area contributed by atoms with Crippen molar-refractivity contribution in [3.63, 3.8) is 0 Å². The van der Waals surface area contributed by atoms with E-state index in [0.717, 1.165) is 18.5 Å². The number of aryl methyl sites for hydroxylation is 1. The summed E-state index contributed by atoms with van der Waals surface area (Å²) >= 11 is 0. The number of nitrogens with zero attached hydrogens (tertiary/aromatic N) is 1. The van der Waals surface area contributed by atoms with Crippen LogP contribution in [0.4, 0.5) is 5.69 Å². The monoisotopic (exact) mass is 248 g/mol. The molecule has 0 bridgehead atoms. The highest BCUT2D eigenvalue weighted by molar-refractivity contribution is 5.92. The Bertz CT molecular complexity index is 373. The lowest BCUT2D eigenvalue weighted by Crippen LogP contribution is -2.26. The van der Waals surface area contributed by atoms with Crippen LogP contribution < -0.4 is 10.6 Å². The second-order valence-corrected chi connectivity index (χ2v) is 4.85. The molecule has 1 rings (SSSR count). The number of nitrogens with two attached hydrogens (primary N) is 1. The highest BCUT2D eigenvalue weighted by Gasteiger charge is 2.12. The molecule has 0 heterocycles. The largest absolute Gasteiger partial charge is 0.330 e. The van der Waals surface area contributed by atoms with Gasteiger partial charge in [-0.25, -0.2) is 0 Å². The normalized spacial score (nSPS) is 12.2. The number of amides is 1. The third-order valence-corrected chi connectivity index (χ3v) is 3.36. The standard InChI is InChI=1S/C15H24N2O/c1-4-13-6-8-14(9-7-13)17(3)15(18)10-5-12(2)11-16/h6-9,12H,4-5,10-11,16H2,1-3H3. The van der Waals surface area contributed by atoms with E-state index in [1.54, 1.807) is 4.90 Å². The maximum Gasteiger partial charge on any atom is 0.226 e. The Labute approximate surface area is 110 Å². The smallest absolute Gasteiger partial charge is 0.226 e. The quantitative estimate of drug-likeness (QED) is 0.841. The Morgan fingerprint density at radius 3 is 2.44 bits per heavy atom. The van der Waals surface area contributed by atoms with Crippen molar-refractivity contribution in [3.8, 4) is 0 Å². The first-order valence-electron chi connectivity index (χ1n) is 6.64. The minimum atomic E-state index is 0.152. The van der Waals surface area contributed by atoms with Crippen LogP contribution in [0.5, 0.6) is 0 Å². The van der Waals surface area contributed by atoms with E-state index in [9.17, 15) is 4.79 Å². The average Bonchev–Trinajstić information content (AvgIpc) is 2.43. The SMILES string of the molecule is CCc1ccc(N(C)C(=O)CCC(C)CN)cc1. The Morgan fingerprint density at radius 2 is 1.94 bits per heavy atom. The molecule has 0 saturated heterocycles. The van der Waals surface area contributed by atoms with E-state index in [2.05, 4.69) is 26.0 Å². The molecule has 3 heteroatoms. The van der Waals surface area contributed by atoms with Crippen LogP contribution in [0.25, 0.3) is 0 Å². The van der Waals surface area contributed by atoms with Crippen molar-refractivity contribution in [1.82, 2.24) is 0 Å². The van der Waals surface area contributed by atoms with Crippen molar-refractivity contribution in [2.45, 2.75) is 33.1 Å². The first-order chi connectivity index (χ1) is 8.58. The topological polar surface area (TPSA) is 46.3 Å². The molecule has 0 fully saturated rings. The molecule has 18 heavy (non-hydrogen) atoms. The van der Waals surface area contributed by atoms with Gasteiger partial charge in [0.1, 0.15) is 0 Å². The van der Waals surface area contributed by atoms with Gasteiger partial charge in [0.25, 0.3) is 0 Å². The van der Waals surface area contributed by atoms with Crippen LogP contribution in [-0.2, 0) is 11.2 Å². The van der Waals surface area contributed by atoms with Crippen LogP contribution in [0.15, 0.2) is 24.3 Å². The van der Waals surface area contributed by atoms with Crippen LogP contribution in [0.1, 0.15) is 32.3 Å². The van der Waals surface area contributed by atoms with Crippen molar-refractivity contribution in [2.75, 3.05) is 18.5 Å². The van der Waals surface area contributed by atoms with E-state index in [1.807, 2.05) is 19.2 Å². The molecule has 1 aromatic carbocycles. The summed E-state index contributed by atoms with van der Waals surface area (Å²) in [6.45, 7) is 4.84. The molecular weight excluding hydrogens is 224 g/mol. The van der Waals surface area contributed by atoms with Crippen LogP contribution >= 0.6 is 0 Å². The van der Waals surface area contributed by atoms with E-state index < -0.39 is 0 Å². The van der Waals surface area contributed by atoms with E-state index in [1.165, 1.54) is 5.56 Å². The minimum absolute atomic E-state index is 0.152. The number of carbonyl (C=O) groups is 1. The van der Waals surface area contributed by atoms with Gasteiger partial charge < -0.3 is 10.6 Å². The van der Waals surface area contributed by atoms with Gasteiger partial charge >= 0.3 is 0 Å². The van der Waals surface area contributed by atoms with E-state index in [4.69, 9.17) is 5.73 Å². The molecule has 0 aliphatic carbocycles. The van der Waals surface area contributed by atoms with E-state index >= 15 is 0 Å². The summed E-state index contributed by atoms with van der Waals surface area (Å²) in [7, 11) is 1.83. The van der Waals surface area contributed by atoms with Crippen molar-refractivity contribution >= 4 is 11.6 Å². The van der Waals surface area contributed by atoms with Crippen molar-refractivity contribution in [1.29, 1.82) is 0 Å². The number of hydrogen-bond donors (Lipinski definition) is 1. The van der Waals surface area contributed by atoms with Crippen molar-refractivity contribution in [3.05, 3.63) is 29.8 Å². The highest BCUT2D eigenvalue weighted by Crippen LogP contribution is 2.16. The zero-order valence-corrected chi connectivity index (χ0v) is 11.6. The van der Waals surface area contributed by atoms with Crippen molar-refractivity contribution < 1.29 is 4.79 Å². The zero-order valence-electron chi connectivity index (χ0n) is 11.6. The summed E-state index contributed by atoms with van der Waals surface area (Å²) in [5.74, 6) is 0.560. The molecule has 1 atom stereocenters. The predicted molar refractivity (Wildman–Crippen MR) is 76.7 cm³/mol. The summed E-state index contributed by atoms with van der Waals surface area (Å²) in [5, 5.41) is 0. The van der Waals surface area contributed by atoms with Crippen LogP contribution in [0, 0.1) is 5.92 Å². The van der Waals surface area contributed by atoms with Gasteiger partial charge in [-0.05, 0) is 43.0 Å². The van der Waals surface area contributed by atoms with Gasteiger partial charge in [0.15, 0.2) is 0 Å². The summed E-state index contributed by atoms with van der Waals surface area (Å²) < 4.78 is 0. The Hall–Kier alpha value is -1.35. The molecule has 0 aliphatic heterocycles. The number of carbonyl (C=O) groups excluding carboxylic acids is 1. The maximum absolute atomic E-state index is 12.0. The zero-order chi connectivity index (χ0) is 13.5. The summed E-state index contributed by atoms with van der Waals surface area (Å²) in [5.41, 5.74) is 7.80. The molecule has 0 aliphatic rings. The van der Waals surface area contributed by atoms with E-state index in [-0.39, 0.29) is 5.91 Å². The van der Waals surface area contributed by atoms with Gasteiger partial charge in [0, 0.05) is 19.2 Å². The van der Waals surface area contributed by atoms with Gasteiger partial charge in [-0.1, -0.05) is 26.0 Å². The second kappa shape index (κ2) is 7.17. The lowest BCUT2D eigenvalue weighted by Gasteiger charge is -2.18. The van der Waals surface area contributed by atoms with Crippen LogP contribution in [0.2, 0.25) is 0 Å². The fourth-order valence-corrected chi connectivity index (χ4v) is 1.75. The fourth-order valence-electron chi connectivity index (χ4n) is 1.75. The van der Waals surface area contributed by atoms with Gasteiger partial charge in [-0.2, -0.15) is 0 Å². The third kappa shape index (κ3) is 4.15. The minimum Gasteiger partial charge on any atom is -0.330 e. The summed E-state index contributed by atoms with van der Waals surface area (Å²) in [4.78, 5) is 13.7. The number of rotatable bonds is 6. The Balaban J connectivity index is 2.56. The molecular formula is C15H24N2O. The van der Waals surface area contributed by atoms with Crippen LogP contribution in [0.3, 0.4) is 0 Å². The fraction of sp³-hybridized carbons (Fsp3) is 0.533. The molecule has 2 N–H and O–H groups in total. The Morgan fingerprint density at radius 1 is 1.33 bits per heavy atom. The van der Waals surface area contributed by atoms with Crippen LogP contribution in [-0.4, -0.2) is 19.5 Å². The molecule has 3 nitrogen and oxygen atoms in total. The van der Waals surface area contributed by atoms with Gasteiger partial charge in [-0.15, -0.1) is 0 Å². The molecule has 1 aromatic rings. The summed E-state index contributed by atoms with van der Waals surface area (Å²) in [6.07, 6.45) is 2.43. The van der Waals surface area contributed by atoms with Gasteiger partial charge in [0.05, 0.1) is 0 Å². The predicted octanol–water partition coefficient (Wildman–Crippen LogP) is 2.59. The number of anilines is 1. The Kier molecular flexibility index (Phi) is 5.86. The molecule has 1 unspecified atom stereocenters. The second-order valence-electron chi connectivity index (χ2n) is 4.85. The summed E-state index contributed by atoms with van der Waals surface area (Å²) in [6, 6.07) is 8.15. The lowest BCUT2D eigenvalue weighted by molar-refractivity contribution is -0.118. The first-order valence-corrected chi connectivity index (χ1v) is 6.64. The molecule has 1 amide bonds. The molecule has 0 spiro atoms. The molecule has 0 aromatic heterocycles.